The minimum Gasteiger partial charge on any atom is -0.412 e. The Hall–Kier alpha value is -4.28. The normalized spacial score (nSPS) is 10.7. The molecule has 0 spiro atoms. The van der Waals surface area contributed by atoms with Gasteiger partial charge in [-0.2, -0.15) is 0 Å². The molecule has 0 amide bonds. The molecule has 0 radical (unpaired) electrons. The van der Waals surface area contributed by atoms with E-state index in [1.54, 1.807) is 0 Å². The Morgan fingerprint density at radius 1 is 0.265 bits per heavy atom. The van der Waals surface area contributed by atoms with Gasteiger partial charge in [-0.15, -0.1) is 0 Å². The van der Waals surface area contributed by atoms with E-state index in [1.165, 1.54) is 64.5 Å². The van der Waals surface area contributed by atoms with E-state index < -0.39 is 15.8 Å². The van der Waals surface area contributed by atoms with E-state index in [4.69, 9.17) is 0 Å². The van der Waals surface area contributed by atoms with Crippen LogP contribution in [0.1, 0.15) is 0 Å². The zero-order chi connectivity index (χ0) is 30.7. The molecule has 49 heavy (non-hydrogen) atoms. The third-order valence-corrected chi connectivity index (χ3v) is 14.4. The Balaban J connectivity index is 0.00000156. The van der Waals surface area contributed by atoms with Crippen molar-refractivity contribution in [3.05, 3.63) is 194 Å². The summed E-state index contributed by atoms with van der Waals surface area (Å²) in [4.78, 5) is 0. The van der Waals surface area contributed by atoms with Crippen molar-refractivity contribution in [3.63, 3.8) is 0 Å². The molecule has 0 aliphatic rings. The monoisotopic (exact) mass is 766 g/mol. The minimum absolute atomic E-state index is 0. The van der Waals surface area contributed by atoms with Gasteiger partial charge in [0.25, 0.3) is 0 Å². The molecule has 0 aliphatic carbocycles. The summed E-state index contributed by atoms with van der Waals surface area (Å²) < 4.78 is 0. The summed E-state index contributed by atoms with van der Waals surface area (Å²) in [6, 6.07) is 72.2. The fourth-order valence-corrected chi connectivity index (χ4v) is 12.4. The molecule has 0 aromatic heterocycles. The number of hydrogen-bond donors (Lipinski definition) is 0. The molecule has 5 heteroatoms. The first-order valence-corrected chi connectivity index (χ1v) is 18.9. The van der Waals surface area contributed by atoms with Crippen LogP contribution in [0.25, 0.3) is 32.7 Å². The zero-order valence-electron chi connectivity index (χ0n) is 26.8. The van der Waals surface area contributed by atoms with E-state index in [-0.39, 0.29) is 31.4 Å². The van der Waals surface area contributed by atoms with Crippen molar-refractivity contribution in [1.29, 1.82) is 0 Å². The van der Waals surface area contributed by atoms with Gasteiger partial charge in [-0.05, 0) is 82.2 Å². The first kappa shape index (κ1) is 36.0. The van der Waals surface area contributed by atoms with Gasteiger partial charge >= 0.3 is 0 Å². The van der Waals surface area contributed by atoms with Crippen LogP contribution in [-0.4, -0.2) is 11.0 Å². The maximum Gasteiger partial charge on any atom is 0.111 e. The van der Waals surface area contributed by atoms with Gasteiger partial charge < -0.3 is 11.0 Å². The van der Waals surface area contributed by atoms with Crippen molar-refractivity contribution in [1.82, 2.24) is 0 Å². The van der Waals surface area contributed by atoms with Gasteiger partial charge in [0, 0.05) is 31.5 Å². The average molecular weight is 767 g/mol. The number of fused-ring (bicyclic) bond motifs is 2. The fraction of sp³-hybridized carbons (Fsp3) is 0. The second kappa shape index (κ2) is 16.4. The van der Waals surface area contributed by atoms with E-state index >= 15 is 0 Å². The summed E-state index contributed by atoms with van der Waals surface area (Å²) in [5, 5.41) is 13.6. The van der Waals surface area contributed by atoms with Crippen LogP contribution in [0.3, 0.4) is 0 Å². The summed E-state index contributed by atoms with van der Waals surface area (Å²) in [6.07, 6.45) is 0. The van der Waals surface area contributed by atoms with Gasteiger partial charge in [0.05, 0.1) is 15.8 Å². The molecule has 4 N–H and O–H groups in total. The van der Waals surface area contributed by atoms with Crippen LogP contribution >= 0.6 is 15.8 Å². The molecule has 244 valence electrons. The summed E-state index contributed by atoms with van der Waals surface area (Å²) in [6.45, 7) is 0. The molecule has 0 bridgehead atoms. The first-order chi connectivity index (χ1) is 22.9. The second-order valence-electron chi connectivity index (χ2n) is 11.6. The molecule has 0 saturated carbocycles. The molecule has 8 aromatic carbocycles. The van der Waals surface area contributed by atoms with E-state index in [1.807, 2.05) is 0 Å². The Labute approximate surface area is 304 Å². The summed E-state index contributed by atoms with van der Waals surface area (Å²) in [7, 11) is -2.74. The van der Waals surface area contributed by atoms with Gasteiger partial charge in [0.15, 0.2) is 0 Å². The van der Waals surface area contributed by atoms with Crippen LogP contribution in [0, 0.1) is 0 Å². The van der Waals surface area contributed by atoms with E-state index in [2.05, 4.69) is 194 Å². The summed E-state index contributed by atoms with van der Waals surface area (Å²) in [5.41, 5.74) is 2.75. The summed E-state index contributed by atoms with van der Waals surface area (Å²) >= 11 is 0. The quantitative estimate of drug-likeness (QED) is 0.124. The van der Waals surface area contributed by atoms with Crippen LogP contribution in [0.5, 0.6) is 0 Å². The second-order valence-corrected chi connectivity index (χ2v) is 16.5. The molecule has 0 aliphatic heterocycles. The smallest absolute Gasteiger partial charge is 0.111 e. The molecule has 0 atom stereocenters. The van der Waals surface area contributed by atoms with Crippen LogP contribution in [0.2, 0.25) is 0 Å². The topological polar surface area (TPSA) is 63.0 Å². The maximum atomic E-state index is 2.44. The molecule has 2 nitrogen and oxygen atoms in total. The van der Waals surface area contributed by atoms with Gasteiger partial charge in [0.1, 0.15) is 31.8 Å². The number of hydrogen-bond acceptors (Lipinski definition) is 0. The van der Waals surface area contributed by atoms with Gasteiger partial charge in [-0.3, -0.25) is 0 Å². The molecule has 0 saturated heterocycles. The van der Waals surface area contributed by atoms with Gasteiger partial charge in [-0.25, -0.2) is 0 Å². The van der Waals surface area contributed by atoms with E-state index in [0.29, 0.717) is 0 Å². The maximum absolute atomic E-state index is 2.44. The van der Waals surface area contributed by atoms with Crippen molar-refractivity contribution in [2.75, 3.05) is 0 Å². The van der Waals surface area contributed by atoms with Crippen molar-refractivity contribution in [3.8, 4) is 11.1 Å². The Morgan fingerprint density at radius 3 is 0.837 bits per heavy atom. The predicted octanol–water partition coefficient (Wildman–Crippen LogP) is 6.99. The third kappa shape index (κ3) is 7.07. The van der Waals surface area contributed by atoms with E-state index in [0.717, 1.165) is 0 Å². The SMILES string of the molecule is O.O.[Pd].c1ccc([PH+](c2ccccc2)c2ccc3ccccc3c2-c2c([PH+](c3ccccc3)c3ccccc3)ccc3ccccc23)cc1. The average Bonchev–Trinajstić information content (AvgIpc) is 3.14. The molecule has 8 rings (SSSR count). The molecule has 0 heterocycles. The Bertz CT molecular complexity index is 2020. The van der Waals surface area contributed by atoms with Crippen LogP contribution in [0.4, 0.5) is 0 Å². The largest absolute Gasteiger partial charge is 0.412 e. The van der Waals surface area contributed by atoms with Crippen molar-refractivity contribution >= 4 is 69.2 Å². The Morgan fingerprint density at radius 2 is 0.531 bits per heavy atom. The molecule has 0 fully saturated rings. The molecule has 0 unspecified atom stereocenters. The van der Waals surface area contributed by atoms with Crippen LogP contribution < -0.4 is 31.8 Å². The third-order valence-electron chi connectivity index (χ3n) is 8.90. The predicted molar refractivity (Wildman–Crippen MR) is 214 cm³/mol. The Kier molecular flexibility index (Phi) is 12.1. The van der Waals surface area contributed by atoms with E-state index in [9.17, 15) is 0 Å². The molecular weight excluding hydrogens is 729 g/mol. The van der Waals surface area contributed by atoms with Crippen LogP contribution in [-0.2, 0) is 20.4 Å². The minimum atomic E-state index is -1.37. The van der Waals surface area contributed by atoms with Gasteiger partial charge in [-0.1, -0.05) is 133 Å². The van der Waals surface area contributed by atoms with Crippen molar-refractivity contribution in [2.45, 2.75) is 0 Å². The summed E-state index contributed by atoms with van der Waals surface area (Å²) in [5.74, 6) is 0. The first-order valence-electron chi connectivity index (χ1n) is 15.9. The van der Waals surface area contributed by atoms with Crippen molar-refractivity contribution < 1.29 is 31.4 Å². The van der Waals surface area contributed by atoms with Crippen LogP contribution in [0.15, 0.2) is 194 Å². The fourth-order valence-electron chi connectivity index (χ4n) is 6.87. The number of benzene rings is 8. The number of rotatable bonds is 7. The molecule has 8 aromatic rings. The standard InChI is InChI=1S/C44H32P2.2H2O.Pd/c1-5-19-35(20-6-1)45(36-21-7-2-8-22-36)41-31-29-33-17-13-15-27-39(33)43(41)44-40-28-16-14-18-34(40)30-32-42(44)46(37-23-9-3-10-24-37)38-25-11-4-12-26-38;;;/h1-32H;2*1H2;/p+2. The zero-order valence-corrected chi connectivity index (χ0v) is 30.3. The van der Waals surface area contributed by atoms with Gasteiger partial charge in [0.2, 0.25) is 0 Å². The van der Waals surface area contributed by atoms with Crippen molar-refractivity contribution in [2.24, 2.45) is 0 Å². The molecular formula is C44H38O2P2Pd+2.